The molecule has 3 heteroatoms. The van der Waals surface area contributed by atoms with Gasteiger partial charge < -0.3 is 4.74 Å². The van der Waals surface area contributed by atoms with Crippen molar-refractivity contribution in [2.75, 3.05) is 13.2 Å². The number of benzene rings is 2. The average Bonchev–Trinajstić information content (AvgIpc) is 2.75. The summed E-state index contributed by atoms with van der Waals surface area (Å²) in [6.07, 6.45) is 5.22. The topological polar surface area (TPSA) is 43.4 Å². The van der Waals surface area contributed by atoms with Gasteiger partial charge in [0, 0.05) is 26.1 Å². The van der Waals surface area contributed by atoms with Crippen LogP contribution in [-0.4, -0.2) is 24.8 Å². The fourth-order valence-corrected chi connectivity index (χ4v) is 5.46. The summed E-state index contributed by atoms with van der Waals surface area (Å²) in [7, 11) is 0. The molecule has 2 aromatic carbocycles. The van der Waals surface area contributed by atoms with Crippen molar-refractivity contribution in [2.24, 2.45) is 17.8 Å². The Labute approximate surface area is 192 Å². The molecule has 1 aliphatic heterocycles. The van der Waals surface area contributed by atoms with Crippen LogP contribution in [0.3, 0.4) is 0 Å². The number of hydrogen-bond acceptors (Lipinski definition) is 3. The number of hydrogen-bond donors (Lipinski definition) is 0. The maximum absolute atomic E-state index is 13.2. The molecule has 32 heavy (non-hydrogen) atoms. The molecule has 0 atom stereocenters. The number of carbonyl (C=O) groups excluding carboxylic acids is 2. The molecule has 0 N–H and O–H groups in total. The molecule has 0 spiro atoms. The SMILES string of the molecule is Cc1ccc(-c2ccc(CC(C)C)cc2)cc1C1C(=O)CC(CC2CCOCC2)CC1=O. The first-order chi connectivity index (χ1) is 15.4. The van der Waals surface area contributed by atoms with Crippen LogP contribution in [0.5, 0.6) is 0 Å². The molecule has 2 aliphatic rings. The van der Waals surface area contributed by atoms with E-state index in [-0.39, 0.29) is 17.5 Å². The fourth-order valence-electron chi connectivity index (χ4n) is 5.46. The first kappa shape index (κ1) is 22.9. The van der Waals surface area contributed by atoms with E-state index in [0.717, 1.165) is 61.2 Å². The minimum atomic E-state index is -0.596. The molecule has 2 fully saturated rings. The van der Waals surface area contributed by atoms with Gasteiger partial charge in [0.05, 0.1) is 0 Å². The zero-order valence-corrected chi connectivity index (χ0v) is 19.7. The molecule has 0 aromatic heterocycles. The van der Waals surface area contributed by atoms with Crippen LogP contribution in [0.15, 0.2) is 42.5 Å². The fraction of sp³-hybridized carbons (Fsp3) is 0.517. The molecule has 2 aromatic rings. The van der Waals surface area contributed by atoms with Gasteiger partial charge in [-0.15, -0.1) is 0 Å². The van der Waals surface area contributed by atoms with E-state index in [0.29, 0.717) is 24.7 Å². The Bertz CT molecular complexity index is 933. The maximum atomic E-state index is 13.2. The lowest BCUT2D eigenvalue weighted by molar-refractivity contribution is -0.134. The summed E-state index contributed by atoms with van der Waals surface area (Å²) in [6, 6.07) is 14.9. The smallest absolute Gasteiger partial charge is 0.148 e. The molecule has 1 aliphatic carbocycles. The van der Waals surface area contributed by atoms with Gasteiger partial charge in [-0.25, -0.2) is 0 Å². The Hall–Kier alpha value is -2.26. The molecule has 0 bridgehead atoms. The van der Waals surface area contributed by atoms with E-state index >= 15 is 0 Å². The molecule has 0 amide bonds. The maximum Gasteiger partial charge on any atom is 0.148 e. The zero-order chi connectivity index (χ0) is 22.7. The number of ketones is 2. The number of ether oxygens (including phenoxy) is 1. The van der Waals surface area contributed by atoms with Gasteiger partial charge in [-0.3, -0.25) is 9.59 Å². The lowest BCUT2D eigenvalue weighted by Crippen LogP contribution is -2.33. The number of Topliss-reactive ketones (excluding diaryl/α,β-unsaturated/α-hetero) is 2. The van der Waals surface area contributed by atoms with E-state index < -0.39 is 5.92 Å². The summed E-state index contributed by atoms with van der Waals surface area (Å²) >= 11 is 0. The number of aryl methyl sites for hydroxylation is 1. The van der Waals surface area contributed by atoms with Gasteiger partial charge in [-0.2, -0.15) is 0 Å². The highest BCUT2D eigenvalue weighted by Crippen LogP contribution is 2.37. The molecule has 0 unspecified atom stereocenters. The van der Waals surface area contributed by atoms with Crippen LogP contribution in [0.1, 0.15) is 68.6 Å². The molecule has 1 saturated heterocycles. The van der Waals surface area contributed by atoms with Crippen LogP contribution in [0.4, 0.5) is 0 Å². The van der Waals surface area contributed by atoms with Crippen LogP contribution in [0.2, 0.25) is 0 Å². The summed E-state index contributed by atoms with van der Waals surface area (Å²) in [4.78, 5) is 26.3. The Balaban J connectivity index is 1.50. The number of rotatable bonds is 6. The molecule has 1 saturated carbocycles. The van der Waals surface area contributed by atoms with Gasteiger partial charge in [0.2, 0.25) is 0 Å². The summed E-state index contributed by atoms with van der Waals surface area (Å²) in [6.45, 7) is 8.09. The lowest BCUT2D eigenvalue weighted by Gasteiger charge is -2.31. The molecule has 1 heterocycles. The van der Waals surface area contributed by atoms with Crippen LogP contribution >= 0.6 is 0 Å². The molecule has 0 radical (unpaired) electrons. The molecule has 3 nitrogen and oxygen atoms in total. The van der Waals surface area contributed by atoms with Crippen LogP contribution < -0.4 is 0 Å². The van der Waals surface area contributed by atoms with Gasteiger partial charge in [0.25, 0.3) is 0 Å². The van der Waals surface area contributed by atoms with Crippen molar-refractivity contribution in [1.29, 1.82) is 0 Å². The quantitative estimate of drug-likeness (QED) is 0.503. The summed E-state index contributed by atoms with van der Waals surface area (Å²) in [5.41, 5.74) is 5.47. The van der Waals surface area contributed by atoms with Gasteiger partial charge in [-0.05, 0) is 84.2 Å². The van der Waals surface area contributed by atoms with Gasteiger partial charge in [0.15, 0.2) is 0 Å². The van der Waals surface area contributed by atoms with Crippen LogP contribution in [0.25, 0.3) is 11.1 Å². The van der Waals surface area contributed by atoms with E-state index in [1.54, 1.807) is 0 Å². The van der Waals surface area contributed by atoms with E-state index in [1.165, 1.54) is 5.56 Å². The molecule has 170 valence electrons. The minimum absolute atomic E-state index is 0.103. The third-order valence-corrected chi connectivity index (χ3v) is 7.15. The van der Waals surface area contributed by atoms with Crippen molar-refractivity contribution in [3.8, 4) is 11.1 Å². The van der Waals surface area contributed by atoms with E-state index in [1.807, 2.05) is 6.92 Å². The summed E-state index contributed by atoms with van der Waals surface area (Å²) < 4.78 is 5.46. The highest BCUT2D eigenvalue weighted by molar-refractivity contribution is 6.10. The zero-order valence-electron chi connectivity index (χ0n) is 19.7. The van der Waals surface area contributed by atoms with Crippen LogP contribution in [0, 0.1) is 24.7 Å². The van der Waals surface area contributed by atoms with Crippen molar-refractivity contribution in [3.63, 3.8) is 0 Å². The average molecular weight is 433 g/mol. The predicted octanol–water partition coefficient (Wildman–Crippen LogP) is 6.31. The van der Waals surface area contributed by atoms with Crippen molar-refractivity contribution in [3.05, 3.63) is 59.2 Å². The first-order valence-electron chi connectivity index (χ1n) is 12.2. The monoisotopic (exact) mass is 432 g/mol. The standard InChI is InChI=1S/C29H36O3/c1-19(2)14-21-5-8-24(9-6-21)25-7-4-20(3)26(18-25)29-27(30)16-23(17-28(29)31)15-22-10-12-32-13-11-22/h4-9,18-19,22-23,29H,10-17H2,1-3H3. The highest BCUT2D eigenvalue weighted by Gasteiger charge is 2.38. The van der Waals surface area contributed by atoms with Crippen molar-refractivity contribution in [1.82, 2.24) is 0 Å². The van der Waals surface area contributed by atoms with Gasteiger partial charge >= 0.3 is 0 Å². The second kappa shape index (κ2) is 10.1. The van der Waals surface area contributed by atoms with Crippen molar-refractivity contribution >= 4 is 11.6 Å². The predicted molar refractivity (Wildman–Crippen MR) is 129 cm³/mol. The Morgan fingerprint density at radius 3 is 2.12 bits per heavy atom. The van der Waals surface area contributed by atoms with Gasteiger partial charge in [0.1, 0.15) is 17.5 Å². The Kier molecular flexibility index (Phi) is 7.25. The molecule has 4 rings (SSSR count). The molecular formula is C29H36O3. The van der Waals surface area contributed by atoms with Crippen LogP contribution in [-0.2, 0) is 20.7 Å². The third kappa shape index (κ3) is 5.38. The minimum Gasteiger partial charge on any atom is -0.381 e. The highest BCUT2D eigenvalue weighted by atomic mass is 16.5. The third-order valence-electron chi connectivity index (χ3n) is 7.15. The summed E-state index contributed by atoms with van der Waals surface area (Å²) in [5, 5.41) is 0. The van der Waals surface area contributed by atoms with Gasteiger partial charge in [-0.1, -0.05) is 50.2 Å². The second-order valence-corrected chi connectivity index (χ2v) is 10.3. The van der Waals surface area contributed by atoms with E-state index in [9.17, 15) is 9.59 Å². The largest absolute Gasteiger partial charge is 0.381 e. The molecular weight excluding hydrogens is 396 g/mol. The number of carbonyl (C=O) groups is 2. The second-order valence-electron chi connectivity index (χ2n) is 10.3. The Morgan fingerprint density at radius 1 is 0.875 bits per heavy atom. The first-order valence-corrected chi connectivity index (χ1v) is 12.2. The van der Waals surface area contributed by atoms with Crippen molar-refractivity contribution in [2.45, 2.75) is 65.2 Å². The normalized spacial score (nSPS) is 22.5. The van der Waals surface area contributed by atoms with E-state index in [2.05, 4.69) is 56.3 Å². The lowest BCUT2D eigenvalue weighted by atomic mass is 9.72. The summed E-state index contributed by atoms with van der Waals surface area (Å²) in [5.74, 6) is 1.03. The van der Waals surface area contributed by atoms with Crippen molar-refractivity contribution < 1.29 is 14.3 Å². The van der Waals surface area contributed by atoms with E-state index in [4.69, 9.17) is 4.74 Å². The Morgan fingerprint density at radius 2 is 1.50 bits per heavy atom.